The van der Waals surface area contributed by atoms with Gasteiger partial charge >= 0.3 is 0 Å². The van der Waals surface area contributed by atoms with Crippen LogP contribution in [-0.4, -0.2) is 35.0 Å². The SMILES string of the molecule is Cc1cc(Nc2ncc(Cl)cn2)c(F)cc1C1CCN(C)CC1. The van der Waals surface area contributed by atoms with E-state index >= 15 is 0 Å². The van der Waals surface area contributed by atoms with Crippen molar-refractivity contribution in [2.75, 3.05) is 25.5 Å². The largest absolute Gasteiger partial charge is 0.322 e. The van der Waals surface area contributed by atoms with Crippen LogP contribution in [0.1, 0.15) is 29.9 Å². The van der Waals surface area contributed by atoms with Gasteiger partial charge < -0.3 is 10.2 Å². The number of hydrogen-bond donors (Lipinski definition) is 1. The van der Waals surface area contributed by atoms with Gasteiger partial charge in [0.15, 0.2) is 0 Å². The molecule has 0 bridgehead atoms. The van der Waals surface area contributed by atoms with E-state index in [0.29, 0.717) is 22.6 Å². The topological polar surface area (TPSA) is 41.1 Å². The molecule has 122 valence electrons. The van der Waals surface area contributed by atoms with Crippen molar-refractivity contribution in [3.05, 3.63) is 46.5 Å². The molecule has 2 aromatic rings. The van der Waals surface area contributed by atoms with E-state index in [-0.39, 0.29) is 5.82 Å². The summed E-state index contributed by atoms with van der Waals surface area (Å²) in [5.74, 6) is 0.490. The summed E-state index contributed by atoms with van der Waals surface area (Å²) in [5, 5.41) is 3.36. The summed E-state index contributed by atoms with van der Waals surface area (Å²) in [5.41, 5.74) is 2.59. The Hall–Kier alpha value is -1.72. The van der Waals surface area contributed by atoms with Gasteiger partial charge in [-0.15, -0.1) is 0 Å². The summed E-state index contributed by atoms with van der Waals surface area (Å²) in [6.07, 6.45) is 5.11. The molecule has 1 N–H and O–H groups in total. The van der Waals surface area contributed by atoms with Crippen molar-refractivity contribution in [1.29, 1.82) is 0 Å². The van der Waals surface area contributed by atoms with Crippen molar-refractivity contribution in [2.45, 2.75) is 25.7 Å². The standard InChI is InChI=1S/C17H20ClFN4/c1-11-7-16(22-17-20-9-13(18)10-21-17)15(19)8-14(11)12-3-5-23(2)6-4-12/h7-10,12H,3-6H2,1-2H3,(H,20,21,22). The van der Waals surface area contributed by atoms with Crippen molar-refractivity contribution < 1.29 is 4.39 Å². The van der Waals surface area contributed by atoms with Gasteiger partial charge in [0.05, 0.1) is 23.1 Å². The van der Waals surface area contributed by atoms with Crippen LogP contribution >= 0.6 is 11.6 Å². The maximum absolute atomic E-state index is 14.5. The molecule has 1 aliphatic heterocycles. The van der Waals surface area contributed by atoms with Crippen LogP contribution in [0.2, 0.25) is 5.02 Å². The maximum atomic E-state index is 14.5. The number of aryl methyl sites for hydroxylation is 1. The van der Waals surface area contributed by atoms with Crippen molar-refractivity contribution >= 4 is 23.2 Å². The zero-order valence-corrected chi connectivity index (χ0v) is 14.1. The lowest BCUT2D eigenvalue weighted by atomic mass is 9.86. The highest BCUT2D eigenvalue weighted by atomic mass is 35.5. The Bertz CT molecular complexity index is 682. The highest BCUT2D eigenvalue weighted by Crippen LogP contribution is 2.33. The van der Waals surface area contributed by atoms with Gasteiger partial charge in [0.1, 0.15) is 5.82 Å². The van der Waals surface area contributed by atoms with Crippen LogP contribution < -0.4 is 5.32 Å². The average Bonchev–Trinajstić information content (AvgIpc) is 2.54. The van der Waals surface area contributed by atoms with Crippen LogP contribution in [-0.2, 0) is 0 Å². The molecule has 0 saturated carbocycles. The predicted octanol–water partition coefficient (Wildman–Crippen LogP) is 4.13. The van der Waals surface area contributed by atoms with Gasteiger partial charge in [-0.25, -0.2) is 14.4 Å². The van der Waals surface area contributed by atoms with E-state index in [0.717, 1.165) is 37.1 Å². The van der Waals surface area contributed by atoms with E-state index in [9.17, 15) is 4.39 Å². The Morgan fingerprint density at radius 2 is 1.87 bits per heavy atom. The highest BCUT2D eigenvalue weighted by molar-refractivity contribution is 6.30. The third-order valence-corrected chi connectivity index (χ3v) is 4.58. The summed E-state index contributed by atoms with van der Waals surface area (Å²) < 4.78 is 14.5. The minimum Gasteiger partial charge on any atom is -0.322 e. The lowest BCUT2D eigenvalue weighted by molar-refractivity contribution is 0.255. The van der Waals surface area contributed by atoms with Crippen LogP contribution in [0.4, 0.5) is 16.0 Å². The summed E-state index contributed by atoms with van der Waals surface area (Å²) in [6.45, 7) is 4.15. The lowest BCUT2D eigenvalue weighted by Gasteiger charge is -2.30. The number of halogens is 2. The molecule has 1 aromatic heterocycles. The molecule has 1 aromatic carbocycles. The molecular weight excluding hydrogens is 315 g/mol. The number of nitrogens with one attached hydrogen (secondary N) is 1. The van der Waals surface area contributed by atoms with Crippen LogP contribution in [0.25, 0.3) is 0 Å². The fraction of sp³-hybridized carbons (Fsp3) is 0.412. The van der Waals surface area contributed by atoms with E-state index in [1.165, 1.54) is 12.4 Å². The summed E-state index contributed by atoms with van der Waals surface area (Å²) >= 11 is 5.76. The zero-order chi connectivity index (χ0) is 16.4. The summed E-state index contributed by atoms with van der Waals surface area (Å²) in [7, 11) is 2.13. The number of likely N-dealkylation sites (tertiary alicyclic amines) is 1. The van der Waals surface area contributed by atoms with Crippen LogP contribution in [0.5, 0.6) is 0 Å². The lowest BCUT2D eigenvalue weighted by Crippen LogP contribution is -2.29. The number of hydrogen-bond acceptors (Lipinski definition) is 4. The molecule has 0 spiro atoms. The first-order valence-electron chi connectivity index (χ1n) is 7.76. The van der Waals surface area contributed by atoms with E-state index in [2.05, 4.69) is 27.2 Å². The zero-order valence-electron chi connectivity index (χ0n) is 13.3. The molecule has 0 atom stereocenters. The Kier molecular flexibility index (Phi) is 4.78. The summed E-state index contributed by atoms with van der Waals surface area (Å²) in [6, 6.07) is 3.49. The van der Waals surface area contributed by atoms with Crippen molar-refractivity contribution in [2.24, 2.45) is 0 Å². The molecule has 3 rings (SSSR count). The molecule has 23 heavy (non-hydrogen) atoms. The fourth-order valence-corrected chi connectivity index (χ4v) is 3.15. The van der Waals surface area contributed by atoms with Crippen LogP contribution in [0, 0.1) is 12.7 Å². The van der Waals surface area contributed by atoms with Crippen molar-refractivity contribution in [3.8, 4) is 0 Å². The number of aromatic nitrogens is 2. The van der Waals surface area contributed by atoms with E-state index in [1.807, 2.05) is 13.0 Å². The van der Waals surface area contributed by atoms with Gasteiger partial charge in [0.2, 0.25) is 5.95 Å². The van der Waals surface area contributed by atoms with Crippen molar-refractivity contribution in [1.82, 2.24) is 14.9 Å². The number of benzene rings is 1. The average molecular weight is 335 g/mol. The third-order valence-electron chi connectivity index (χ3n) is 4.38. The quantitative estimate of drug-likeness (QED) is 0.916. The van der Waals surface area contributed by atoms with E-state index in [4.69, 9.17) is 11.6 Å². The number of piperidine rings is 1. The molecule has 1 fully saturated rings. The van der Waals surface area contributed by atoms with Crippen molar-refractivity contribution in [3.63, 3.8) is 0 Å². The van der Waals surface area contributed by atoms with E-state index < -0.39 is 0 Å². The van der Waals surface area contributed by atoms with Crippen LogP contribution in [0.15, 0.2) is 24.5 Å². The molecule has 1 aliphatic rings. The third kappa shape index (κ3) is 3.79. The van der Waals surface area contributed by atoms with Gasteiger partial charge in [-0.05, 0) is 69.1 Å². The minimum atomic E-state index is -0.275. The molecule has 2 heterocycles. The Morgan fingerprint density at radius 3 is 2.52 bits per heavy atom. The van der Waals surface area contributed by atoms with Gasteiger partial charge in [-0.2, -0.15) is 0 Å². The Morgan fingerprint density at radius 1 is 1.22 bits per heavy atom. The number of nitrogens with zero attached hydrogens (tertiary/aromatic N) is 3. The van der Waals surface area contributed by atoms with Gasteiger partial charge in [0, 0.05) is 0 Å². The molecule has 1 saturated heterocycles. The normalized spacial score (nSPS) is 16.5. The minimum absolute atomic E-state index is 0.275. The molecule has 0 unspecified atom stereocenters. The molecule has 0 amide bonds. The first-order chi connectivity index (χ1) is 11.0. The Balaban J connectivity index is 1.81. The summed E-state index contributed by atoms with van der Waals surface area (Å²) in [4.78, 5) is 10.4. The molecular formula is C17H20ClFN4. The first-order valence-corrected chi connectivity index (χ1v) is 8.14. The smallest absolute Gasteiger partial charge is 0.227 e. The molecule has 6 heteroatoms. The van der Waals surface area contributed by atoms with E-state index in [1.54, 1.807) is 6.07 Å². The monoisotopic (exact) mass is 334 g/mol. The second kappa shape index (κ2) is 6.81. The first kappa shape index (κ1) is 16.1. The predicted molar refractivity (Wildman–Crippen MR) is 90.9 cm³/mol. The second-order valence-electron chi connectivity index (χ2n) is 6.12. The van der Waals surface area contributed by atoms with Gasteiger partial charge in [0.25, 0.3) is 0 Å². The highest BCUT2D eigenvalue weighted by Gasteiger charge is 2.21. The van der Waals surface area contributed by atoms with Gasteiger partial charge in [-0.1, -0.05) is 11.6 Å². The fourth-order valence-electron chi connectivity index (χ4n) is 3.05. The van der Waals surface area contributed by atoms with Crippen LogP contribution in [0.3, 0.4) is 0 Å². The Labute approximate surface area is 140 Å². The molecule has 4 nitrogen and oxygen atoms in total. The number of anilines is 2. The molecule has 0 aliphatic carbocycles. The van der Waals surface area contributed by atoms with Gasteiger partial charge in [-0.3, -0.25) is 0 Å². The molecule has 0 radical (unpaired) electrons. The second-order valence-corrected chi connectivity index (χ2v) is 6.55. The number of rotatable bonds is 3. The maximum Gasteiger partial charge on any atom is 0.227 e.